The highest BCUT2D eigenvalue weighted by atomic mass is 16.5. The second-order valence-corrected chi connectivity index (χ2v) is 5.52. The predicted octanol–water partition coefficient (Wildman–Crippen LogP) is 4.50. The normalized spacial score (nSPS) is 13.8. The zero-order valence-electron chi connectivity index (χ0n) is 12.9. The molecular formula is C18H26O2. The smallest absolute Gasteiger partial charge is 0.316 e. The van der Waals surface area contributed by atoms with E-state index in [1.165, 1.54) is 7.11 Å². The highest BCUT2D eigenvalue weighted by Crippen LogP contribution is 2.38. The van der Waals surface area contributed by atoms with Crippen molar-refractivity contribution in [3.05, 3.63) is 48.6 Å². The van der Waals surface area contributed by atoms with E-state index in [4.69, 9.17) is 4.74 Å². The number of rotatable bonds is 8. The number of hydrogen-bond acceptors (Lipinski definition) is 2. The molecule has 0 fully saturated rings. The standard InChI is InChI=1S/C18H26O2/c1-5-6-7-11-14-18(15(2)3,17(19)20-4)16-12-9-8-10-13-16/h5,8-10,12-13,15H,1,6-7,11,14H2,2-4H3. The molecule has 2 nitrogen and oxygen atoms in total. The van der Waals surface area contributed by atoms with Crippen molar-refractivity contribution in [2.45, 2.75) is 44.9 Å². The van der Waals surface area contributed by atoms with Crippen LogP contribution in [-0.4, -0.2) is 13.1 Å². The first-order valence-electron chi connectivity index (χ1n) is 7.34. The van der Waals surface area contributed by atoms with Crippen molar-refractivity contribution in [3.8, 4) is 0 Å². The Bertz CT molecular complexity index is 422. The third-order valence-corrected chi connectivity index (χ3v) is 4.05. The van der Waals surface area contributed by atoms with Crippen molar-refractivity contribution in [1.82, 2.24) is 0 Å². The summed E-state index contributed by atoms with van der Waals surface area (Å²) in [5.74, 6) is 0.0679. The van der Waals surface area contributed by atoms with Crippen LogP contribution in [0, 0.1) is 5.92 Å². The van der Waals surface area contributed by atoms with Crippen LogP contribution in [0.4, 0.5) is 0 Å². The van der Waals surface area contributed by atoms with Crippen LogP contribution < -0.4 is 0 Å². The molecule has 0 bridgehead atoms. The fraction of sp³-hybridized carbons (Fsp3) is 0.500. The highest BCUT2D eigenvalue weighted by Gasteiger charge is 2.43. The lowest BCUT2D eigenvalue weighted by Crippen LogP contribution is -2.42. The van der Waals surface area contributed by atoms with E-state index >= 15 is 0 Å². The van der Waals surface area contributed by atoms with E-state index in [-0.39, 0.29) is 11.9 Å². The van der Waals surface area contributed by atoms with Gasteiger partial charge in [-0.1, -0.05) is 56.7 Å². The number of esters is 1. The number of benzene rings is 1. The Balaban J connectivity index is 3.08. The molecule has 1 aromatic carbocycles. The van der Waals surface area contributed by atoms with E-state index < -0.39 is 5.41 Å². The van der Waals surface area contributed by atoms with Gasteiger partial charge >= 0.3 is 5.97 Å². The van der Waals surface area contributed by atoms with Gasteiger partial charge in [-0.05, 0) is 30.7 Å². The largest absolute Gasteiger partial charge is 0.468 e. The van der Waals surface area contributed by atoms with Gasteiger partial charge in [-0.2, -0.15) is 0 Å². The van der Waals surface area contributed by atoms with Crippen molar-refractivity contribution in [1.29, 1.82) is 0 Å². The van der Waals surface area contributed by atoms with Crippen molar-refractivity contribution in [3.63, 3.8) is 0 Å². The van der Waals surface area contributed by atoms with Gasteiger partial charge in [0, 0.05) is 0 Å². The molecule has 0 aliphatic heterocycles. The maximum atomic E-state index is 12.5. The molecule has 0 heterocycles. The quantitative estimate of drug-likeness (QED) is 0.396. The van der Waals surface area contributed by atoms with Gasteiger partial charge in [0.1, 0.15) is 0 Å². The lowest BCUT2D eigenvalue weighted by molar-refractivity contribution is -0.150. The van der Waals surface area contributed by atoms with Crippen LogP contribution in [0.15, 0.2) is 43.0 Å². The van der Waals surface area contributed by atoms with Gasteiger partial charge < -0.3 is 4.74 Å². The number of methoxy groups -OCH3 is 1. The Morgan fingerprint density at radius 3 is 2.45 bits per heavy atom. The maximum Gasteiger partial charge on any atom is 0.316 e. The molecule has 110 valence electrons. The van der Waals surface area contributed by atoms with Gasteiger partial charge in [-0.25, -0.2) is 0 Å². The first-order chi connectivity index (χ1) is 9.59. The first kappa shape index (κ1) is 16.5. The Hall–Kier alpha value is -1.57. The summed E-state index contributed by atoms with van der Waals surface area (Å²) in [6, 6.07) is 10.0. The van der Waals surface area contributed by atoms with Crippen molar-refractivity contribution < 1.29 is 9.53 Å². The molecule has 0 amide bonds. The van der Waals surface area contributed by atoms with Gasteiger partial charge in [0.05, 0.1) is 12.5 Å². The van der Waals surface area contributed by atoms with Crippen LogP contribution in [0.3, 0.4) is 0 Å². The van der Waals surface area contributed by atoms with Crippen LogP contribution in [-0.2, 0) is 14.9 Å². The van der Waals surface area contributed by atoms with Crippen LogP contribution in [0.25, 0.3) is 0 Å². The van der Waals surface area contributed by atoms with Gasteiger partial charge in [-0.15, -0.1) is 6.58 Å². The summed E-state index contributed by atoms with van der Waals surface area (Å²) in [6.07, 6.45) is 5.78. The zero-order chi connectivity index (χ0) is 15.0. The third-order valence-electron chi connectivity index (χ3n) is 4.05. The molecule has 1 atom stereocenters. The van der Waals surface area contributed by atoms with Crippen LogP contribution in [0.2, 0.25) is 0 Å². The molecule has 0 aliphatic rings. The average molecular weight is 274 g/mol. The minimum absolute atomic E-state index is 0.127. The maximum absolute atomic E-state index is 12.5. The third kappa shape index (κ3) is 3.50. The summed E-state index contributed by atoms with van der Waals surface area (Å²) >= 11 is 0. The van der Waals surface area contributed by atoms with E-state index in [1.54, 1.807) is 0 Å². The minimum atomic E-state index is -0.544. The molecule has 1 rings (SSSR count). The van der Waals surface area contributed by atoms with E-state index in [2.05, 4.69) is 20.4 Å². The summed E-state index contributed by atoms with van der Waals surface area (Å²) in [5, 5.41) is 0. The summed E-state index contributed by atoms with van der Waals surface area (Å²) < 4.78 is 5.13. The van der Waals surface area contributed by atoms with Crippen LogP contribution in [0.1, 0.15) is 45.1 Å². The topological polar surface area (TPSA) is 26.3 Å². The molecule has 1 unspecified atom stereocenters. The molecule has 20 heavy (non-hydrogen) atoms. The Morgan fingerprint density at radius 2 is 1.95 bits per heavy atom. The molecule has 0 saturated heterocycles. The molecule has 0 N–H and O–H groups in total. The SMILES string of the molecule is C=CCCCCC(C(=O)OC)(c1ccccc1)C(C)C. The number of unbranched alkanes of at least 4 members (excludes halogenated alkanes) is 2. The van der Waals surface area contributed by atoms with E-state index in [1.807, 2.05) is 36.4 Å². The predicted molar refractivity (Wildman–Crippen MR) is 83.6 cm³/mol. The van der Waals surface area contributed by atoms with E-state index in [9.17, 15) is 4.79 Å². The molecule has 0 saturated carbocycles. The Kier molecular flexibility index (Phi) is 6.50. The summed E-state index contributed by atoms with van der Waals surface area (Å²) in [4.78, 5) is 12.5. The number of carbonyl (C=O) groups excluding carboxylic acids is 1. The fourth-order valence-corrected chi connectivity index (χ4v) is 2.83. The van der Waals surface area contributed by atoms with Crippen LogP contribution in [0.5, 0.6) is 0 Å². The first-order valence-corrected chi connectivity index (χ1v) is 7.34. The average Bonchev–Trinajstić information content (AvgIpc) is 2.47. The summed E-state index contributed by atoms with van der Waals surface area (Å²) in [5.41, 5.74) is 0.512. The Morgan fingerprint density at radius 1 is 1.30 bits per heavy atom. The lowest BCUT2D eigenvalue weighted by atomic mass is 9.68. The zero-order valence-corrected chi connectivity index (χ0v) is 12.9. The second-order valence-electron chi connectivity index (χ2n) is 5.52. The Labute approximate surface area is 122 Å². The summed E-state index contributed by atoms with van der Waals surface area (Å²) in [6.45, 7) is 7.94. The number of hydrogen-bond donors (Lipinski definition) is 0. The van der Waals surface area contributed by atoms with Crippen molar-refractivity contribution in [2.75, 3.05) is 7.11 Å². The van der Waals surface area contributed by atoms with Crippen LogP contribution >= 0.6 is 0 Å². The molecule has 1 aromatic rings. The number of carbonyl (C=O) groups is 1. The van der Waals surface area contributed by atoms with Gasteiger partial charge in [0.15, 0.2) is 0 Å². The second kappa shape index (κ2) is 7.88. The van der Waals surface area contributed by atoms with Gasteiger partial charge in [0.25, 0.3) is 0 Å². The van der Waals surface area contributed by atoms with Gasteiger partial charge in [-0.3, -0.25) is 4.79 Å². The minimum Gasteiger partial charge on any atom is -0.468 e. The van der Waals surface area contributed by atoms with Crippen molar-refractivity contribution >= 4 is 5.97 Å². The number of allylic oxidation sites excluding steroid dienone is 1. The molecule has 0 spiro atoms. The molecule has 0 aromatic heterocycles. The fourth-order valence-electron chi connectivity index (χ4n) is 2.83. The van der Waals surface area contributed by atoms with Crippen molar-refractivity contribution in [2.24, 2.45) is 5.92 Å². The van der Waals surface area contributed by atoms with E-state index in [0.717, 1.165) is 31.2 Å². The molecular weight excluding hydrogens is 248 g/mol. The van der Waals surface area contributed by atoms with E-state index in [0.29, 0.717) is 0 Å². The monoisotopic (exact) mass is 274 g/mol. The molecule has 0 radical (unpaired) electrons. The molecule has 2 heteroatoms. The molecule has 0 aliphatic carbocycles. The highest BCUT2D eigenvalue weighted by molar-refractivity contribution is 5.83. The lowest BCUT2D eigenvalue weighted by Gasteiger charge is -2.35. The summed E-state index contributed by atoms with van der Waals surface area (Å²) in [7, 11) is 1.48. The van der Waals surface area contributed by atoms with Gasteiger partial charge in [0.2, 0.25) is 0 Å². The number of ether oxygens (including phenoxy) is 1.